The van der Waals surface area contributed by atoms with Crippen LogP contribution in [0.3, 0.4) is 0 Å². The van der Waals surface area contributed by atoms with Crippen LogP contribution in [0.2, 0.25) is 0 Å². The van der Waals surface area contributed by atoms with Crippen molar-refractivity contribution in [2.24, 2.45) is 5.92 Å². The third kappa shape index (κ3) is 4.32. The van der Waals surface area contributed by atoms with Crippen molar-refractivity contribution in [3.8, 4) is 5.13 Å². The van der Waals surface area contributed by atoms with Crippen LogP contribution in [0.1, 0.15) is 35.2 Å². The number of aromatic carboxylic acids is 1. The van der Waals surface area contributed by atoms with Gasteiger partial charge >= 0.3 is 5.97 Å². The van der Waals surface area contributed by atoms with Gasteiger partial charge in [0.25, 0.3) is 0 Å². The highest BCUT2D eigenvalue weighted by molar-refractivity contribution is 7.12. The first-order valence-corrected chi connectivity index (χ1v) is 12.3. The van der Waals surface area contributed by atoms with E-state index in [0.29, 0.717) is 24.5 Å². The van der Waals surface area contributed by atoms with Crippen LogP contribution < -0.4 is 15.6 Å². The Morgan fingerprint density at radius 1 is 1.31 bits per heavy atom. The number of halogens is 2. The summed E-state index contributed by atoms with van der Waals surface area (Å²) in [4.78, 5) is 46.9. The number of rotatable bonds is 6. The highest BCUT2D eigenvalue weighted by Crippen LogP contribution is 2.32. The van der Waals surface area contributed by atoms with Crippen molar-refractivity contribution < 1.29 is 28.2 Å². The molecule has 0 aliphatic carbocycles. The smallest absolute Gasteiger partial charge is 0.341 e. The van der Waals surface area contributed by atoms with Gasteiger partial charge in [-0.1, -0.05) is 11.3 Å². The summed E-state index contributed by atoms with van der Waals surface area (Å²) in [6.45, 7) is 2.91. The molecule has 3 aromatic heterocycles. The van der Waals surface area contributed by atoms with E-state index in [1.165, 1.54) is 11.5 Å². The molecule has 1 unspecified atom stereocenters. The number of aryl methyl sites for hydroxylation is 1. The van der Waals surface area contributed by atoms with Crippen LogP contribution in [0, 0.1) is 23.8 Å². The summed E-state index contributed by atoms with van der Waals surface area (Å²) >= 11 is 0.627. The number of thiazole rings is 1. The number of carboxylic acid groups (broad SMARTS) is 1. The molecule has 5 rings (SSSR count). The standard InChI is InChI=1S/C23H23F2N5O5S/c1-11-16-18(31)14(22(33)34)10-30(23-27-7-15(24)36-23)19(16)28-20(17(11)25)29-8-12(9-29)21(32)26-6-13-4-2-3-5-35-13/h7,10,12-13H,2-6,8-9H2,1H3,(H,26,32)(H,33,34). The van der Waals surface area contributed by atoms with Crippen LogP contribution in [0.4, 0.5) is 14.6 Å². The van der Waals surface area contributed by atoms with E-state index < -0.39 is 27.9 Å². The number of nitrogens with zero attached hydrogens (tertiary/aromatic N) is 4. The largest absolute Gasteiger partial charge is 0.477 e. The van der Waals surface area contributed by atoms with Gasteiger partial charge < -0.3 is 20.1 Å². The highest BCUT2D eigenvalue weighted by atomic mass is 32.1. The number of pyridine rings is 2. The van der Waals surface area contributed by atoms with Crippen LogP contribution in [0.5, 0.6) is 0 Å². The summed E-state index contributed by atoms with van der Waals surface area (Å²) in [5.74, 6) is -2.89. The molecule has 3 aromatic rings. The number of carbonyl (C=O) groups is 2. The summed E-state index contributed by atoms with van der Waals surface area (Å²) in [5, 5.41) is 11.6. The van der Waals surface area contributed by atoms with Gasteiger partial charge in [-0.05, 0) is 26.2 Å². The van der Waals surface area contributed by atoms with Crippen LogP contribution in [0.15, 0.2) is 17.2 Å². The minimum absolute atomic E-state index is 0.00394. The molecule has 0 aromatic carbocycles. The molecule has 0 saturated carbocycles. The first kappa shape index (κ1) is 24.3. The minimum atomic E-state index is -1.51. The molecule has 5 heterocycles. The molecule has 2 saturated heterocycles. The lowest BCUT2D eigenvalue weighted by atomic mass is 9.98. The van der Waals surface area contributed by atoms with Crippen LogP contribution >= 0.6 is 11.3 Å². The fourth-order valence-corrected chi connectivity index (χ4v) is 5.11. The zero-order valence-corrected chi connectivity index (χ0v) is 20.1. The summed E-state index contributed by atoms with van der Waals surface area (Å²) < 4.78 is 35.9. The molecule has 2 aliphatic heterocycles. The Morgan fingerprint density at radius 3 is 2.72 bits per heavy atom. The van der Waals surface area contributed by atoms with Gasteiger partial charge in [0.2, 0.25) is 11.3 Å². The molecule has 13 heteroatoms. The van der Waals surface area contributed by atoms with Gasteiger partial charge in [0.1, 0.15) is 5.56 Å². The Labute approximate surface area is 207 Å². The Kier molecular flexibility index (Phi) is 6.43. The number of carboxylic acids is 1. The van der Waals surface area contributed by atoms with Crippen LogP contribution in [-0.4, -0.2) is 63.9 Å². The lowest BCUT2D eigenvalue weighted by molar-refractivity contribution is -0.126. The monoisotopic (exact) mass is 519 g/mol. The number of fused-ring (bicyclic) bond motifs is 1. The maximum absolute atomic E-state index is 15.4. The van der Waals surface area contributed by atoms with Crippen molar-refractivity contribution in [3.05, 3.63) is 44.7 Å². The number of hydrogen-bond acceptors (Lipinski definition) is 8. The molecule has 1 amide bonds. The minimum Gasteiger partial charge on any atom is -0.477 e. The topological polar surface area (TPSA) is 127 Å². The number of hydrogen-bond donors (Lipinski definition) is 2. The second-order valence-electron chi connectivity index (χ2n) is 8.90. The van der Waals surface area contributed by atoms with E-state index in [9.17, 15) is 23.9 Å². The van der Waals surface area contributed by atoms with Crippen molar-refractivity contribution in [1.82, 2.24) is 19.9 Å². The van der Waals surface area contributed by atoms with Crippen molar-refractivity contribution in [2.45, 2.75) is 32.3 Å². The first-order chi connectivity index (χ1) is 17.2. The second kappa shape index (κ2) is 9.54. The van der Waals surface area contributed by atoms with E-state index in [1.54, 1.807) is 4.90 Å². The quantitative estimate of drug-likeness (QED) is 0.508. The van der Waals surface area contributed by atoms with Gasteiger partial charge in [0, 0.05) is 38.0 Å². The summed E-state index contributed by atoms with van der Waals surface area (Å²) in [5.41, 5.74) is -1.64. The number of ether oxygens (including phenoxy) is 1. The number of carbonyl (C=O) groups excluding carboxylic acids is 1. The fraction of sp³-hybridized carbons (Fsp3) is 0.435. The van der Waals surface area contributed by atoms with Crippen molar-refractivity contribution in [1.29, 1.82) is 0 Å². The van der Waals surface area contributed by atoms with E-state index in [1.807, 2.05) is 0 Å². The van der Waals surface area contributed by atoms with E-state index in [2.05, 4.69) is 15.3 Å². The van der Waals surface area contributed by atoms with Gasteiger partial charge in [-0.25, -0.2) is 19.2 Å². The normalized spacial score (nSPS) is 18.3. The Morgan fingerprint density at radius 2 is 2.08 bits per heavy atom. The number of anilines is 1. The van der Waals surface area contributed by atoms with Crippen molar-refractivity contribution in [2.75, 3.05) is 31.1 Å². The molecule has 0 spiro atoms. The maximum atomic E-state index is 15.4. The van der Waals surface area contributed by atoms with Crippen LogP contribution in [0.25, 0.3) is 16.2 Å². The maximum Gasteiger partial charge on any atom is 0.341 e. The van der Waals surface area contributed by atoms with E-state index in [-0.39, 0.29) is 58.6 Å². The number of amides is 1. The molecular weight excluding hydrogens is 496 g/mol. The lowest BCUT2D eigenvalue weighted by Gasteiger charge is -2.39. The predicted molar refractivity (Wildman–Crippen MR) is 127 cm³/mol. The number of aromatic nitrogens is 3. The predicted octanol–water partition coefficient (Wildman–Crippen LogP) is 2.25. The molecule has 0 bridgehead atoms. The lowest BCUT2D eigenvalue weighted by Crippen LogP contribution is -2.55. The molecule has 0 radical (unpaired) electrons. The van der Waals surface area contributed by atoms with Crippen molar-refractivity contribution in [3.63, 3.8) is 0 Å². The zero-order chi connectivity index (χ0) is 25.6. The third-order valence-electron chi connectivity index (χ3n) is 6.53. The SMILES string of the molecule is Cc1c(F)c(N2CC(C(=O)NCC3CCCCO3)C2)nc2c1c(=O)c(C(=O)O)cn2-c1ncc(F)s1. The molecule has 2 fully saturated rings. The molecule has 36 heavy (non-hydrogen) atoms. The van der Waals surface area contributed by atoms with Gasteiger partial charge in [-0.15, -0.1) is 0 Å². The molecule has 190 valence electrons. The number of nitrogens with one attached hydrogen (secondary N) is 1. The highest BCUT2D eigenvalue weighted by Gasteiger charge is 2.36. The summed E-state index contributed by atoms with van der Waals surface area (Å²) in [6.07, 6.45) is 4.96. The third-order valence-corrected chi connectivity index (χ3v) is 7.31. The average molecular weight is 520 g/mol. The fourth-order valence-electron chi connectivity index (χ4n) is 4.49. The van der Waals surface area contributed by atoms with E-state index >= 15 is 4.39 Å². The van der Waals surface area contributed by atoms with Gasteiger partial charge in [-0.2, -0.15) is 4.39 Å². The molecule has 2 aliphatic rings. The van der Waals surface area contributed by atoms with Gasteiger partial charge in [0.15, 0.2) is 27.5 Å². The molecule has 1 atom stereocenters. The summed E-state index contributed by atoms with van der Waals surface area (Å²) in [7, 11) is 0. The Hall–Kier alpha value is -3.45. The van der Waals surface area contributed by atoms with Gasteiger partial charge in [-0.3, -0.25) is 14.2 Å². The molecule has 10 nitrogen and oxygen atoms in total. The molecule has 2 N–H and O–H groups in total. The summed E-state index contributed by atoms with van der Waals surface area (Å²) in [6, 6.07) is 0. The Balaban J connectivity index is 1.44. The van der Waals surface area contributed by atoms with E-state index in [0.717, 1.165) is 31.7 Å². The van der Waals surface area contributed by atoms with Gasteiger partial charge in [0.05, 0.1) is 23.6 Å². The van der Waals surface area contributed by atoms with E-state index in [4.69, 9.17) is 4.74 Å². The van der Waals surface area contributed by atoms with Crippen LogP contribution in [-0.2, 0) is 9.53 Å². The van der Waals surface area contributed by atoms with Crippen molar-refractivity contribution >= 4 is 40.1 Å². The second-order valence-corrected chi connectivity index (χ2v) is 9.86. The first-order valence-electron chi connectivity index (χ1n) is 11.5. The average Bonchev–Trinajstić information content (AvgIpc) is 3.26. The molecular formula is C23H23F2N5O5S. The Bertz CT molecular complexity index is 1410. The zero-order valence-electron chi connectivity index (χ0n) is 19.3.